The Morgan fingerprint density at radius 2 is 1.80 bits per heavy atom. The van der Waals surface area contributed by atoms with Gasteiger partial charge in [0, 0.05) is 32.3 Å². The van der Waals surface area contributed by atoms with Crippen LogP contribution in [0, 0.1) is 5.92 Å². The fourth-order valence-electron chi connectivity index (χ4n) is 5.41. The van der Waals surface area contributed by atoms with Crippen molar-refractivity contribution in [2.24, 2.45) is 5.92 Å². The second kappa shape index (κ2) is 13.4. The van der Waals surface area contributed by atoms with E-state index < -0.39 is 23.2 Å². The molecular weight excluding hydrogens is 561 g/mol. The van der Waals surface area contributed by atoms with Gasteiger partial charge < -0.3 is 24.4 Å². The molecule has 2 aliphatic heterocycles. The quantitative estimate of drug-likeness (QED) is 0.370. The number of unbranched alkanes of at least 4 members (excludes halogenated alkanes) is 1. The molecule has 0 aliphatic carbocycles. The van der Waals surface area contributed by atoms with Gasteiger partial charge in [-0.2, -0.15) is 13.2 Å². The molecule has 11 heteroatoms. The van der Waals surface area contributed by atoms with Crippen LogP contribution in [0.4, 0.5) is 13.2 Å². The van der Waals surface area contributed by atoms with E-state index in [0.717, 1.165) is 42.7 Å². The molecule has 1 N–H and O–H groups in total. The number of amides is 2. The lowest BCUT2D eigenvalue weighted by Crippen LogP contribution is -2.57. The van der Waals surface area contributed by atoms with Crippen LogP contribution in [0.2, 0.25) is 5.02 Å². The van der Waals surface area contributed by atoms with Crippen molar-refractivity contribution in [3.63, 3.8) is 0 Å². The molecule has 0 spiro atoms. The lowest BCUT2D eigenvalue weighted by Gasteiger charge is -2.38. The third-order valence-electron chi connectivity index (χ3n) is 8.03. The molecule has 224 valence electrons. The van der Waals surface area contributed by atoms with Gasteiger partial charge in [0.1, 0.15) is 5.75 Å². The van der Waals surface area contributed by atoms with Crippen LogP contribution in [0.15, 0.2) is 48.5 Å². The maximum Gasteiger partial charge on any atom is 0.430 e. The number of nitrogens with zero attached hydrogens (tertiary/aromatic N) is 2. The maximum absolute atomic E-state index is 13.9. The van der Waals surface area contributed by atoms with Crippen LogP contribution in [-0.2, 0) is 15.1 Å². The molecule has 2 atom stereocenters. The van der Waals surface area contributed by atoms with Gasteiger partial charge in [0.05, 0.1) is 29.8 Å². The van der Waals surface area contributed by atoms with Crippen molar-refractivity contribution in [3.8, 4) is 5.75 Å². The summed E-state index contributed by atoms with van der Waals surface area (Å²) in [5, 5.41) is 10.9. The van der Waals surface area contributed by atoms with Crippen LogP contribution in [0.1, 0.15) is 54.4 Å². The van der Waals surface area contributed by atoms with E-state index in [2.05, 4.69) is 0 Å². The minimum Gasteiger partial charge on any atom is -0.494 e. The Hall–Kier alpha value is -2.82. The van der Waals surface area contributed by atoms with Crippen LogP contribution in [0.3, 0.4) is 0 Å². The molecule has 0 radical (unpaired) electrons. The molecule has 0 saturated carbocycles. The highest BCUT2D eigenvalue weighted by Gasteiger charge is 2.62. The summed E-state index contributed by atoms with van der Waals surface area (Å²) in [6.45, 7) is 1.95. The lowest BCUT2D eigenvalue weighted by atomic mass is 9.88. The highest BCUT2D eigenvalue weighted by atomic mass is 35.5. The number of benzene rings is 2. The zero-order valence-corrected chi connectivity index (χ0v) is 23.8. The molecular formula is C30H36ClF3N2O5. The Morgan fingerprint density at radius 1 is 1.10 bits per heavy atom. The summed E-state index contributed by atoms with van der Waals surface area (Å²) in [4.78, 5) is 28.5. The molecule has 4 rings (SSSR count). The molecule has 0 aromatic heterocycles. The topological polar surface area (TPSA) is 79.3 Å². The third kappa shape index (κ3) is 7.16. The first-order valence-electron chi connectivity index (χ1n) is 13.9. The Morgan fingerprint density at radius 3 is 2.41 bits per heavy atom. The minimum atomic E-state index is -5.14. The number of halogens is 4. The van der Waals surface area contributed by atoms with Gasteiger partial charge in [0.15, 0.2) is 0 Å². The van der Waals surface area contributed by atoms with Crippen molar-refractivity contribution in [1.82, 2.24) is 9.80 Å². The normalized spacial score (nSPS) is 19.6. The average molecular weight is 597 g/mol. The molecule has 2 heterocycles. The average Bonchev–Trinajstić information content (AvgIpc) is 3.51. The summed E-state index contributed by atoms with van der Waals surface area (Å²) in [6.07, 6.45) is -0.711. The predicted octanol–water partition coefficient (Wildman–Crippen LogP) is 5.44. The second-order valence-corrected chi connectivity index (χ2v) is 11.1. The molecule has 7 nitrogen and oxygen atoms in total. The summed E-state index contributed by atoms with van der Waals surface area (Å²) in [7, 11) is 1.75. The number of rotatable bonds is 10. The van der Waals surface area contributed by atoms with Crippen LogP contribution >= 0.6 is 11.6 Å². The summed E-state index contributed by atoms with van der Waals surface area (Å²) in [5.74, 6) is -0.640. The number of likely N-dealkylation sites (tertiary alicyclic amines) is 1. The van der Waals surface area contributed by atoms with E-state index in [4.69, 9.17) is 21.1 Å². The standard InChI is InChI=1S/C30H36ClF3N2O5/c1-35(23-14-18-40-20-23)27(37)25-11-10-24(19-26(25)31)41-17-6-5-7-21-12-15-36(16-13-21)28(38)29(39,30(32,33)34)22-8-3-2-4-9-22/h2-4,8-11,19,21,23,39H,5-7,12-18,20H2,1H3/t23-,29+/m0/s1. The highest BCUT2D eigenvalue weighted by molar-refractivity contribution is 6.34. The van der Waals surface area contributed by atoms with E-state index in [-0.39, 0.29) is 31.0 Å². The summed E-state index contributed by atoms with van der Waals surface area (Å²) < 4.78 is 52.8. The van der Waals surface area contributed by atoms with Gasteiger partial charge in [-0.25, -0.2) is 0 Å². The molecule has 0 bridgehead atoms. The van der Waals surface area contributed by atoms with Crippen LogP contribution in [0.5, 0.6) is 5.75 Å². The van der Waals surface area contributed by atoms with Crippen molar-refractivity contribution in [3.05, 3.63) is 64.7 Å². The molecule has 0 unspecified atom stereocenters. The minimum absolute atomic E-state index is 0.0413. The van der Waals surface area contributed by atoms with Crippen LogP contribution in [-0.4, -0.2) is 78.9 Å². The van der Waals surface area contributed by atoms with E-state index in [9.17, 15) is 27.9 Å². The number of aliphatic hydroxyl groups is 1. The smallest absolute Gasteiger partial charge is 0.430 e. The summed E-state index contributed by atoms with van der Waals surface area (Å²) in [6, 6.07) is 11.6. The van der Waals surface area contributed by atoms with Gasteiger partial charge in [-0.15, -0.1) is 0 Å². The zero-order valence-electron chi connectivity index (χ0n) is 23.0. The SMILES string of the molecule is CN(C(=O)c1ccc(OCCCCC2CCN(C(=O)[C@](O)(c3ccccc3)C(F)(F)F)CC2)cc1Cl)[C@H]1CCOC1. The Balaban J connectivity index is 1.19. The first-order chi connectivity index (χ1) is 19.5. The second-order valence-electron chi connectivity index (χ2n) is 10.7. The van der Waals surface area contributed by atoms with Crippen molar-refractivity contribution >= 4 is 23.4 Å². The highest BCUT2D eigenvalue weighted by Crippen LogP contribution is 2.41. The van der Waals surface area contributed by atoms with Crippen molar-refractivity contribution < 1.29 is 37.3 Å². The number of alkyl halides is 3. The lowest BCUT2D eigenvalue weighted by molar-refractivity contribution is -0.262. The Kier molecular flexibility index (Phi) is 10.2. The van der Waals surface area contributed by atoms with Crippen LogP contribution < -0.4 is 4.74 Å². The maximum atomic E-state index is 13.9. The number of hydrogen-bond acceptors (Lipinski definition) is 5. The van der Waals surface area contributed by atoms with E-state index in [1.165, 1.54) is 18.2 Å². The Bertz CT molecular complexity index is 1180. The monoisotopic (exact) mass is 596 g/mol. The molecule has 2 aliphatic rings. The number of hydrogen-bond donors (Lipinski definition) is 1. The molecule has 2 aromatic carbocycles. The number of ether oxygens (including phenoxy) is 2. The van der Waals surface area contributed by atoms with Crippen molar-refractivity contribution in [1.29, 1.82) is 0 Å². The van der Waals surface area contributed by atoms with Gasteiger partial charge in [-0.1, -0.05) is 48.4 Å². The molecule has 2 fully saturated rings. The number of piperidine rings is 1. The van der Waals surface area contributed by atoms with Gasteiger partial charge in [-0.05, 0) is 56.2 Å². The molecule has 2 saturated heterocycles. The number of carbonyl (C=O) groups excluding carboxylic acids is 2. The predicted molar refractivity (Wildman–Crippen MR) is 148 cm³/mol. The first kappa shape index (κ1) is 31.1. The molecule has 2 aromatic rings. The third-order valence-corrected chi connectivity index (χ3v) is 8.35. The number of likely N-dealkylation sites (N-methyl/N-ethyl adjacent to an activating group) is 1. The molecule has 2 amide bonds. The zero-order chi connectivity index (χ0) is 29.6. The fourth-order valence-corrected chi connectivity index (χ4v) is 5.66. The largest absolute Gasteiger partial charge is 0.494 e. The van der Waals surface area contributed by atoms with E-state index in [0.29, 0.717) is 49.0 Å². The fraction of sp³-hybridized carbons (Fsp3) is 0.533. The van der Waals surface area contributed by atoms with Gasteiger partial charge >= 0.3 is 6.18 Å². The van der Waals surface area contributed by atoms with Gasteiger partial charge in [0.2, 0.25) is 0 Å². The number of carbonyl (C=O) groups is 2. The van der Waals surface area contributed by atoms with E-state index in [1.807, 2.05) is 0 Å². The molecule has 41 heavy (non-hydrogen) atoms. The van der Waals surface area contributed by atoms with Gasteiger partial charge in [-0.3, -0.25) is 9.59 Å². The van der Waals surface area contributed by atoms with Gasteiger partial charge in [0.25, 0.3) is 17.4 Å². The van der Waals surface area contributed by atoms with Crippen LogP contribution in [0.25, 0.3) is 0 Å². The first-order valence-corrected chi connectivity index (χ1v) is 14.3. The van der Waals surface area contributed by atoms with Crippen molar-refractivity contribution in [2.75, 3.05) is 40.0 Å². The summed E-state index contributed by atoms with van der Waals surface area (Å²) >= 11 is 6.37. The summed E-state index contributed by atoms with van der Waals surface area (Å²) in [5.41, 5.74) is -3.63. The Labute approximate surface area is 243 Å². The van der Waals surface area contributed by atoms with Crippen molar-refractivity contribution in [2.45, 2.75) is 56.3 Å². The van der Waals surface area contributed by atoms with E-state index >= 15 is 0 Å². The van der Waals surface area contributed by atoms with E-state index in [1.54, 1.807) is 30.1 Å².